The molecule has 1 unspecified atom stereocenters. The van der Waals surface area contributed by atoms with Gasteiger partial charge in [0.25, 0.3) is 0 Å². The van der Waals surface area contributed by atoms with Gasteiger partial charge in [0.1, 0.15) is 12.6 Å². The van der Waals surface area contributed by atoms with Crippen molar-refractivity contribution in [2.45, 2.75) is 32.4 Å². The fourth-order valence-corrected chi connectivity index (χ4v) is 3.24. The minimum Gasteiger partial charge on any atom is -0.370 e. The third-order valence-electron chi connectivity index (χ3n) is 4.47. The van der Waals surface area contributed by atoms with Crippen molar-refractivity contribution in [2.75, 3.05) is 11.9 Å². The molecule has 4 rings (SSSR count). The van der Waals surface area contributed by atoms with Gasteiger partial charge in [0.15, 0.2) is 11.6 Å². The zero-order valence-corrected chi connectivity index (χ0v) is 14.4. The molecule has 3 aromatic rings. The van der Waals surface area contributed by atoms with E-state index in [0.717, 1.165) is 23.7 Å². The quantitative estimate of drug-likeness (QED) is 0.686. The first-order chi connectivity index (χ1) is 12.6. The first kappa shape index (κ1) is 16.5. The average molecular weight is 353 g/mol. The number of hydrogen-bond donors (Lipinski definition) is 2. The van der Waals surface area contributed by atoms with Gasteiger partial charge in [-0.25, -0.2) is 0 Å². The highest BCUT2D eigenvalue weighted by atomic mass is 16.5. The predicted octanol–water partition coefficient (Wildman–Crippen LogP) is 2.45. The van der Waals surface area contributed by atoms with Gasteiger partial charge in [-0.15, -0.1) is 5.10 Å². The molecule has 1 amide bonds. The highest BCUT2D eigenvalue weighted by molar-refractivity contribution is 6.07. The molecule has 2 aromatic heterocycles. The van der Waals surface area contributed by atoms with E-state index < -0.39 is 0 Å². The van der Waals surface area contributed by atoms with Gasteiger partial charge >= 0.3 is 0 Å². The van der Waals surface area contributed by atoms with E-state index in [4.69, 9.17) is 4.74 Å². The summed E-state index contributed by atoms with van der Waals surface area (Å²) in [5, 5.41) is 10.4. The Kier molecular flexibility index (Phi) is 4.26. The van der Waals surface area contributed by atoms with Gasteiger partial charge < -0.3 is 9.30 Å². The number of aromatic amines is 1. The summed E-state index contributed by atoms with van der Waals surface area (Å²) in [7, 11) is 0. The van der Waals surface area contributed by atoms with Crippen LogP contribution in [-0.4, -0.2) is 38.0 Å². The van der Waals surface area contributed by atoms with Crippen LogP contribution in [0.3, 0.4) is 0 Å². The molecule has 1 aromatic carbocycles. The number of ether oxygens (including phenoxy) is 1. The molecule has 2 N–H and O–H groups in total. The van der Waals surface area contributed by atoms with Crippen LogP contribution in [0.15, 0.2) is 30.5 Å². The molecule has 0 bridgehead atoms. The summed E-state index contributed by atoms with van der Waals surface area (Å²) in [6, 6.07) is 7.52. The Labute approximate surface area is 149 Å². The molecule has 3 heterocycles. The summed E-state index contributed by atoms with van der Waals surface area (Å²) in [5.41, 5.74) is 1.44. The maximum absolute atomic E-state index is 12.4. The Morgan fingerprint density at radius 3 is 3.00 bits per heavy atom. The summed E-state index contributed by atoms with van der Waals surface area (Å²) in [6.45, 7) is 2.30. The maximum atomic E-state index is 12.4. The zero-order chi connectivity index (χ0) is 18.1. The number of H-pyrrole nitrogens is 1. The SMILES string of the molecule is CC(=O)c1cn(CC(=O)Nc2n[nH]c(C3CCCO3)n2)c2ccccc12. The summed E-state index contributed by atoms with van der Waals surface area (Å²) < 4.78 is 7.30. The van der Waals surface area contributed by atoms with Crippen LogP contribution in [-0.2, 0) is 16.1 Å². The number of para-hydroxylation sites is 1. The molecule has 1 aliphatic rings. The lowest BCUT2D eigenvalue weighted by Crippen LogP contribution is -2.19. The number of fused-ring (bicyclic) bond motifs is 1. The third kappa shape index (κ3) is 3.11. The molecule has 0 aliphatic carbocycles. The Morgan fingerprint density at radius 2 is 2.23 bits per heavy atom. The maximum Gasteiger partial charge on any atom is 0.248 e. The van der Waals surface area contributed by atoms with Crippen LogP contribution in [0, 0.1) is 0 Å². The van der Waals surface area contributed by atoms with E-state index >= 15 is 0 Å². The monoisotopic (exact) mass is 353 g/mol. The van der Waals surface area contributed by atoms with Gasteiger partial charge in [-0.3, -0.25) is 20.0 Å². The van der Waals surface area contributed by atoms with Crippen LogP contribution < -0.4 is 5.32 Å². The number of carbonyl (C=O) groups excluding carboxylic acids is 2. The molecular weight excluding hydrogens is 334 g/mol. The Morgan fingerprint density at radius 1 is 1.38 bits per heavy atom. The van der Waals surface area contributed by atoms with Crippen molar-refractivity contribution in [1.82, 2.24) is 19.7 Å². The minimum atomic E-state index is -0.265. The first-order valence-corrected chi connectivity index (χ1v) is 8.54. The average Bonchev–Trinajstić information content (AvgIpc) is 3.34. The van der Waals surface area contributed by atoms with Crippen LogP contribution >= 0.6 is 0 Å². The molecular formula is C18H19N5O3. The first-order valence-electron chi connectivity index (χ1n) is 8.54. The molecule has 8 nitrogen and oxygen atoms in total. The number of rotatable bonds is 5. The molecule has 1 fully saturated rings. The van der Waals surface area contributed by atoms with Gasteiger partial charge in [0.2, 0.25) is 11.9 Å². The molecule has 1 atom stereocenters. The molecule has 8 heteroatoms. The normalized spacial score (nSPS) is 16.9. The molecule has 0 spiro atoms. The van der Waals surface area contributed by atoms with E-state index in [1.54, 1.807) is 10.8 Å². The fourth-order valence-electron chi connectivity index (χ4n) is 3.24. The second-order valence-corrected chi connectivity index (χ2v) is 6.34. The van der Waals surface area contributed by atoms with Gasteiger partial charge in [-0.05, 0) is 25.8 Å². The van der Waals surface area contributed by atoms with E-state index in [1.807, 2.05) is 24.3 Å². The van der Waals surface area contributed by atoms with Crippen LogP contribution in [0.2, 0.25) is 0 Å². The number of Topliss-reactive ketones (excluding diaryl/α,β-unsaturated/α-hetero) is 1. The van der Waals surface area contributed by atoms with Crippen molar-refractivity contribution in [3.05, 3.63) is 41.9 Å². The summed E-state index contributed by atoms with van der Waals surface area (Å²) >= 11 is 0. The molecule has 0 saturated carbocycles. The van der Waals surface area contributed by atoms with E-state index in [0.29, 0.717) is 18.0 Å². The topological polar surface area (TPSA) is 102 Å². The number of benzene rings is 1. The Bertz CT molecular complexity index is 968. The highest BCUT2D eigenvalue weighted by Gasteiger charge is 2.22. The van der Waals surface area contributed by atoms with E-state index in [-0.39, 0.29) is 30.3 Å². The zero-order valence-electron chi connectivity index (χ0n) is 14.4. The van der Waals surface area contributed by atoms with Crippen LogP contribution in [0.4, 0.5) is 5.95 Å². The number of hydrogen-bond acceptors (Lipinski definition) is 5. The van der Waals surface area contributed by atoms with Gasteiger partial charge in [0, 0.05) is 29.3 Å². The number of ketones is 1. The standard InChI is InChI=1S/C18H19N5O3/c1-11(24)13-9-23(14-6-3-2-5-12(13)14)10-16(25)19-18-20-17(21-22-18)15-7-4-8-26-15/h2-3,5-6,9,15H,4,7-8,10H2,1H3,(H2,19,20,21,22,25). The lowest BCUT2D eigenvalue weighted by Gasteiger charge is -2.05. The third-order valence-corrected chi connectivity index (χ3v) is 4.47. The van der Waals surface area contributed by atoms with E-state index in [9.17, 15) is 9.59 Å². The largest absolute Gasteiger partial charge is 0.370 e. The Hall–Kier alpha value is -3.00. The van der Waals surface area contributed by atoms with E-state index in [1.165, 1.54) is 6.92 Å². The van der Waals surface area contributed by atoms with Crippen molar-refractivity contribution in [3.8, 4) is 0 Å². The van der Waals surface area contributed by atoms with Crippen molar-refractivity contribution >= 4 is 28.5 Å². The smallest absolute Gasteiger partial charge is 0.248 e. The van der Waals surface area contributed by atoms with Crippen LogP contribution in [0.1, 0.15) is 42.1 Å². The highest BCUT2D eigenvalue weighted by Crippen LogP contribution is 2.26. The molecule has 1 aliphatic heterocycles. The van der Waals surface area contributed by atoms with E-state index in [2.05, 4.69) is 20.5 Å². The number of nitrogens with one attached hydrogen (secondary N) is 2. The molecule has 0 radical (unpaired) electrons. The summed E-state index contributed by atoms with van der Waals surface area (Å²) in [5.74, 6) is 0.557. The fraction of sp³-hybridized carbons (Fsp3) is 0.333. The minimum absolute atomic E-state index is 0.0319. The van der Waals surface area contributed by atoms with Gasteiger partial charge in [-0.2, -0.15) is 4.98 Å². The predicted molar refractivity (Wildman–Crippen MR) is 94.9 cm³/mol. The second-order valence-electron chi connectivity index (χ2n) is 6.34. The Balaban J connectivity index is 1.50. The lowest BCUT2D eigenvalue weighted by atomic mass is 10.1. The van der Waals surface area contributed by atoms with Crippen LogP contribution in [0.25, 0.3) is 10.9 Å². The number of nitrogens with zero attached hydrogens (tertiary/aromatic N) is 3. The summed E-state index contributed by atoms with van der Waals surface area (Å²) in [6.07, 6.45) is 3.51. The second kappa shape index (κ2) is 6.72. The van der Waals surface area contributed by atoms with Gasteiger partial charge in [0.05, 0.1) is 0 Å². The number of amides is 1. The molecule has 134 valence electrons. The van der Waals surface area contributed by atoms with Crippen molar-refractivity contribution < 1.29 is 14.3 Å². The van der Waals surface area contributed by atoms with Crippen molar-refractivity contribution in [2.24, 2.45) is 0 Å². The number of carbonyl (C=O) groups is 2. The number of anilines is 1. The van der Waals surface area contributed by atoms with Crippen LogP contribution in [0.5, 0.6) is 0 Å². The van der Waals surface area contributed by atoms with Crippen molar-refractivity contribution in [1.29, 1.82) is 0 Å². The lowest BCUT2D eigenvalue weighted by molar-refractivity contribution is -0.116. The summed E-state index contributed by atoms with van der Waals surface area (Å²) in [4.78, 5) is 28.5. The number of aromatic nitrogens is 4. The van der Waals surface area contributed by atoms with Gasteiger partial charge in [-0.1, -0.05) is 18.2 Å². The molecule has 26 heavy (non-hydrogen) atoms. The van der Waals surface area contributed by atoms with Crippen molar-refractivity contribution in [3.63, 3.8) is 0 Å². The molecule has 1 saturated heterocycles.